The van der Waals surface area contributed by atoms with E-state index in [1.165, 1.54) is 12.8 Å². The number of rotatable bonds is 5. The van der Waals surface area contributed by atoms with E-state index in [2.05, 4.69) is 10.2 Å². The van der Waals surface area contributed by atoms with Crippen LogP contribution in [0.25, 0.3) is 0 Å². The van der Waals surface area contributed by atoms with Crippen molar-refractivity contribution in [3.05, 3.63) is 35.9 Å². The van der Waals surface area contributed by atoms with Crippen molar-refractivity contribution >= 4 is 11.8 Å². The maximum absolute atomic E-state index is 12.4. The Morgan fingerprint density at radius 1 is 1.00 bits per heavy atom. The van der Waals surface area contributed by atoms with Gasteiger partial charge in [-0.15, -0.1) is 0 Å². The Balaban J connectivity index is 1.36. The van der Waals surface area contributed by atoms with E-state index in [0.717, 1.165) is 51.1 Å². The lowest BCUT2D eigenvalue weighted by Gasteiger charge is -2.34. The Kier molecular flexibility index (Phi) is 5.86. The van der Waals surface area contributed by atoms with Crippen LogP contribution in [0.4, 0.5) is 0 Å². The van der Waals surface area contributed by atoms with Crippen LogP contribution in [-0.4, -0.2) is 60.9 Å². The normalized spacial score (nSPS) is 19.4. The molecule has 130 valence electrons. The first-order chi connectivity index (χ1) is 11.7. The number of nitrogens with one attached hydrogen (secondary N) is 1. The zero-order valence-electron chi connectivity index (χ0n) is 14.2. The monoisotopic (exact) mass is 329 g/mol. The number of piperazine rings is 1. The van der Waals surface area contributed by atoms with Gasteiger partial charge in [0.2, 0.25) is 5.91 Å². The summed E-state index contributed by atoms with van der Waals surface area (Å²) < 4.78 is 0. The minimum absolute atomic E-state index is 0.116. The summed E-state index contributed by atoms with van der Waals surface area (Å²) in [4.78, 5) is 28.7. The maximum atomic E-state index is 12.4. The predicted molar refractivity (Wildman–Crippen MR) is 93.8 cm³/mol. The fraction of sp³-hybridized carbons (Fsp3) is 0.579. The first-order valence-electron chi connectivity index (χ1n) is 9.08. The number of benzene rings is 1. The number of nitrogens with zero attached hydrogens (tertiary/aromatic N) is 2. The highest BCUT2D eigenvalue weighted by Crippen LogP contribution is 2.24. The van der Waals surface area contributed by atoms with Crippen molar-refractivity contribution in [2.24, 2.45) is 5.92 Å². The molecule has 2 aliphatic rings. The van der Waals surface area contributed by atoms with E-state index in [1.807, 2.05) is 35.2 Å². The van der Waals surface area contributed by atoms with Crippen LogP contribution >= 0.6 is 0 Å². The molecule has 1 saturated carbocycles. The van der Waals surface area contributed by atoms with Crippen LogP contribution in [0, 0.1) is 5.92 Å². The van der Waals surface area contributed by atoms with Crippen molar-refractivity contribution in [3.63, 3.8) is 0 Å². The Morgan fingerprint density at radius 3 is 2.33 bits per heavy atom. The summed E-state index contributed by atoms with van der Waals surface area (Å²) in [6.45, 7) is 4.83. The van der Waals surface area contributed by atoms with Crippen molar-refractivity contribution in [1.29, 1.82) is 0 Å². The molecule has 0 aromatic heterocycles. The molecule has 1 N–H and O–H groups in total. The van der Waals surface area contributed by atoms with E-state index in [-0.39, 0.29) is 17.7 Å². The van der Waals surface area contributed by atoms with Crippen LogP contribution in [0.5, 0.6) is 0 Å². The molecule has 3 rings (SSSR count). The smallest absolute Gasteiger partial charge is 0.253 e. The van der Waals surface area contributed by atoms with Gasteiger partial charge in [0.25, 0.3) is 5.91 Å². The Bertz CT molecular complexity index is 547. The second kappa shape index (κ2) is 8.29. The van der Waals surface area contributed by atoms with Crippen LogP contribution in [0.3, 0.4) is 0 Å². The van der Waals surface area contributed by atoms with Crippen molar-refractivity contribution in [1.82, 2.24) is 15.1 Å². The van der Waals surface area contributed by atoms with Gasteiger partial charge in [0, 0.05) is 50.7 Å². The quantitative estimate of drug-likeness (QED) is 0.895. The van der Waals surface area contributed by atoms with E-state index in [0.29, 0.717) is 6.54 Å². The first-order valence-corrected chi connectivity index (χ1v) is 9.08. The minimum Gasteiger partial charge on any atom is -0.355 e. The molecule has 5 heteroatoms. The van der Waals surface area contributed by atoms with Crippen molar-refractivity contribution < 1.29 is 9.59 Å². The van der Waals surface area contributed by atoms with Crippen LogP contribution in [0.15, 0.2) is 30.3 Å². The van der Waals surface area contributed by atoms with Gasteiger partial charge in [-0.3, -0.25) is 14.5 Å². The molecule has 0 bridgehead atoms. The zero-order chi connectivity index (χ0) is 16.8. The fourth-order valence-electron chi connectivity index (χ4n) is 3.61. The molecule has 1 aromatic rings. The first kappa shape index (κ1) is 17.0. The summed E-state index contributed by atoms with van der Waals surface area (Å²) in [6.07, 6.45) is 4.48. The molecule has 24 heavy (non-hydrogen) atoms. The zero-order valence-corrected chi connectivity index (χ0v) is 14.2. The largest absolute Gasteiger partial charge is 0.355 e. The van der Waals surface area contributed by atoms with Gasteiger partial charge in [-0.25, -0.2) is 0 Å². The molecule has 1 aromatic carbocycles. The van der Waals surface area contributed by atoms with Gasteiger partial charge in [0.05, 0.1) is 0 Å². The average molecular weight is 329 g/mol. The summed E-state index contributed by atoms with van der Waals surface area (Å²) in [5.41, 5.74) is 0.759. The molecule has 0 spiro atoms. The SMILES string of the molecule is O=C(NCCN1CCN(C(=O)c2ccccc2)CC1)C1CCCC1. The van der Waals surface area contributed by atoms with E-state index in [1.54, 1.807) is 0 Å². The summed E-state index contributed by atoms with van der Waals surface area (Å²) in [7, 11) is 0. The van der Waals surface area contributed by atoms with Gasteiger partial charge in [-0.05, 0) is 25.0 Å². The minimum atomic E-state index is 0.116. The Morgan fingerprint density at radius 2 is 1.67 bits per heavy atom. The standard InChI is InChI=1S/C19H27N3O2/c23-18(16-6-4-5-7-16)20-10-11-21-12-14-22(15-13-21)19(24)17-8-2-1-3-9-17/h1-3,8-9,16H,4-7,10-15H2,(H,20,23). The molecular weight excluding hydrogens is 302 g/mol. The topological polar surface area (TPSA) is 52.7 Å². The number of amides is 2. The summed E-state index contributed by atoms with van der Waals surface area (Å²) in [6, 6.07) is 9.46. The molecule has 2 fully saturated rings. The van der Waals surface area contributed by atoms with Crippen LogP contribution in [0.2, 0.25) is 0 Å². The molecule has 1 saturated heterocycles. The lowest BCUT2D eigenvalue weighted by Crippen LogP contribution is -2.50. The van der Waals surface area contributed by atoms with Gasteiger partial charge >= 0.3 is 0 Å². The molecule has 1 heterocycles. The highest BCUT2D eigenvalue weighted by molar-refractivity contribution is 5.94. The van der Waals surface area contributed by atoms with Gasteiger partial charge in [0.15, 0.2) is 0 Å². The van der Waals surface area contributed by atoms with E-state index in [9.17, 15) is 9.59 Å². The summed E-state index contributed by atoms with van der Waals surface area (Å²) in [5, 5.41) is 3.07. The number of hydrogen-bond donors (Lipinski definition) is 1. The van der Waals surface area contributed by atoms with Crippen LogP contribution < -0.4 is 5.32 Å². The third kappa shape index (κ3) is 4.35. The highest BCUT2D eigenvalue weighted by Gasteiger charge is 2.24. The second-order valence-corrected chi connectivity index (χ2v) is 6.77. The van der Waals surface area contributed by atoms with Gasteiger partial charge in [-0.1, -0.05) is 31.0 Å². The Labute approximate surface area is 144 Å². The lowest BCUT2D eigenvalue weighted by atomic mass is 10.1. The van der Waals surface area contributed by atoms with Crippen molar-refractivity contribution in [3.8, 4) is 0 Å². The van der Waals surface area contributed by atoms with E-state index >= 15 is 0 Å². The van der Waals surface area contributed by atoms with Crippen LogP contribution in [0.1, 0.15) is 36.0 Å². The number of hydrogen-bond acceptors (Lipinski definition) is 3. The third-order valence-electron chi connectivity index (χ3n) is 5.13. The molecule has 1 aliphatic heterocycles. The molecule has 2 amide bonds. The molecule has 5 nitrogen and oxygen atoms in total. The number of carbonyl (C=O) groups excluding carboxylic acids is 2. The van der Waals surface area contributed by atoms with Gasteiger partial charge in [0.1, 0.15) is 0 Å². The molecule has 0 radical (unpaired) electrons. The summed E-state index contributed by atoms with van der Waals surface area (Å²) >= 11 is 0. The second-order valence-electron chi connectivity index (χ2n) is 6.77. The van der Waals surface area contributed by atoms with Crippen LogP contribution in [-0.2, 0) is 4.79 Å². The van der Waals surface area contributed by atoms with Crippen molar-refractivity contribution in [2.75, 3.05) is 39.3 Å². The molecule has 1 aliphatic carbocycles. The van der Waals surface area contributed by atoms with Gasteiger partial charge in [-0.2, -0.15) is 0 Å². The third-order valence-corrected chi connectivity index (χ3v) is 5.13. The molecular formula is C19H27N3O2. The maximum Gasteiger partial charge on any atom is 0.253 e. The molecule has 0 unspecified atom stereocenters. The number of carbonyl (C=O) groups is 2. The lowest BCUT2D eigenvalue weighted by molar-refractivity contribution is -0.124. The molecule has 0 atom stereocenters. The van der Waals surface area contributed by atoms with Gasteiger partial charge < -0.3 is 10.2 Å². The summed E-state index contributed by atoms with van der Waals surface area (Å²) in [5.74, 6) is 0.584. The Hall–Kier alpha value is -1.88. The van der Waals surface area contributed by atoms with E-state index in [4.69, 9.17) is 0 Å². The van der Waals surface area contributed by atoms with Crippen molar-refractivity contribution in [2.45, 2.75) is 25.7 Å². The average Bonchev–Trinajstić information content (AvgIpc) is 3.17. The van der Waals surface area contributed by atoms with E-state index < -0.39 is 0 Å². The fourth-order valence-corrected chi connectivity index (χ4v) is 3.61. The highest BCUT2D eigenvalue weighted by atomic mass is 16.2. The predicted octanol–water partition coefficient (Wildman–Crippen LogP) is 1.75.